The lowest BCUT2D eigenvalue weighted by molar-refractivity contribution is 1.23. The van der Waals surface area contributed by atoms with E-state index in [4.69, 9.17) is 0 Å². The highest BCUT2D eigenvalue weighted by molar-refractivity contribution is 5.77. The van der Waals surface area contributed by atoms with Crippen molar-refractivity contribution in [3.63, 3.8) is 0 Å². The molecule has 0 saturated heterocycles. The highest BCUT2D eigenvalue weighted by Gasteiger charge is 2.01. The number of hydrogen-bond donors (Lipinski definition) is 0. The molecule has 0 nitrogen and oxygen atoms in total. The predicted octanol–water partition coefficient (Wildman–Crippen LogP) is 5.72. The first kappa shape index (κ1) is 13.4. The lowest BCUT2D eigenvalue weighted by Crippen LogP contribution is -1.84. The molecule has 0 fully saturated rings. The normalized spacial score (nSPS) is 12.0. The molecule has 0 aliphatic heterocycles. The molecule has 2 aromatic rings. The van der Waals surface area contributed by atoms with Gasteiger partial charge >= 0.3 is 0 Å². The first-order valence-corrected chi connectivity index (χ1v) is 6.84. The third-order valence-electron chi connectivity index (χ3n) is 3.07. The van der Waals surface area contributed by atoms with E-state index in [1.807, 2.05) is 0 Å². The third kappa shape index (κ3) is 3.45. The molecule has 96 valence electrons. The van der Waals surface area contributed by atoms with Gasteiger partial charge in [-0.2, -0.15) is 0 Å². The monoisotopic (exact) mass is 248 g/mol. The minimum atomic E-state index is 1.05. The summed E-state index contributed by atoms with van der Waals surface area (Å²) in [5.41, 5.74) is 5.11. The number of hydrogen-bond acceptors (Lipinski definition) is 0. The molecule has 0 amide bonds. The van der Waals surface area contributed by atoms with Crippen molar-refractivity contribution in [3.05, 3.63) is 78.4 Å². The molecule has 0 radical (unpaired) electrons. The maximum Gasteiger partial charge on any atom is -0.0178 e. The molecule has 0 saturated carbocycles. The zero-order valence-electron chi connectivity index (χ0n) is 11.6. The van der Waals surface area contributed by atoms with Gasteiger partial charge in [-0.25, -0.2) is 0 Å². The van der Waals surface area contributed by atoms with E-state index in [2.05, 4.69) is 86.7 Å². The molecule has 0 heterocycles. The van der Waals surface area contributed by atoms with Crippen molar-refractivity contribution < 1.29 is 0 Å². The lowest BCUT2D eigenvalue weighted by Gasteiger charge is -2.07. The van der Waals surface area contributed by atoms with Crippen molar-refractivity contribution in [2.45, 2.75) is 20.3 Å². The molecule has 19 heavy (non-hydrogen) atoms. The molecule has 0 heteroatoms. The zero-order valence-corrected chi connectivity index (χ0v) is 11.6. The van der Waals surface area contributed by atoms with Crippen molar-refractivity contribution in [1.82, 2.24) is 0 Å². The molecular weight excluding hydrogens is 228 g/mol. The minimum Gasteiger partial charge on any atom is -0.0871 e. The summed E-state index contributed by atoms with van der Waals surface area (Å²) in [6.45, 7) is 4.23. The fourth-order valence-electron chi connectivity index (χ4n) is 2.19. The van der Waals surface area contributed by atoms with E-state index in [9.17, 15) is 0 Å². The van der Waals surface area contributed by atoms with E-state index in [0.29, 0.717) is 0 Å². The fraction of sp³-hybridized carbons (Fsp3) is 0.158. The molecule has 0 aromatic heterocycles. The third-order valence-corrected chi connectivity index (χ3v) is 3.07. The highest BCUT2D eigenvalue weighted by Crippen LogP contribution is 2.24. The van der Waals surface area contributed by atoms with Crippen molar-refractivity contribution in [2.24, 2.45) is 0 Å². The quantitative estimate of drug-likeness (QED) is 0.607. The van der Waals surface area contributed by atoms with Gasteiger partial charge in [0.2, 0.25) is 0 Å². The second-order valence-corrected chi connectivity index (χ2v) is 4.51. The Labute approximate surface area is 116 Å². The van der Waals surface area contributed by atoms with Crippen LogP contribution in [-0.2, 0) is 0 Å². The van der Waals surface area contributed by atoms with Crippen LogP contribution < -0.4 is 0 Å². The smallest absolute Gasteiger partial charge is 0.0178 e. The maximum absolute atomic E-state index is 2.27. The van der Waals surface area contributed by atoms with Gasteiger partial charge in [0.15, 0.2) is 0 Å². The summed E-state index contributed by atoms with van der Waals surface area (Å²) in [4.78, 5) is 0. The van der Waals surface area contributed by atoms with Crippen molar-refractivity contribution >= 4 is 5.57 Å². The Morgan fingerprint density at radius 1 is 0.947 bits per heavy atom. The second kappa shape index (κ2) is 6.75. The Kier molecular flexibility index (Phi) is 4.74. The van der Waals surface area contributed by atoms with Crippen molar-refractivity contribution in [3.8, 4) is 11.1 Å². The van der Waals surface area contributed by atoms with Crippen LogP contribution in [0.5, 0.6) is 0 Å². The molecule has 0 bridgehead atoms. The van der Waals surface area contributed by atoms with Crippen LogP contribution in [0.1, 0.15) is 25.8 Å². The number of benzene rings is 2. The van der Waals surface area contributed by atoms with Crippen LogP contribution in [0.25, 0.3) is 16.7 Å². The SMILES string of the molecule is C/C=C\C(=C/CC)c1cccc(-c2ccccc2)c1. The Morgan fingerprint density at radius 3 is 2.37 bits per heavy atom. The van der Waals surface area contributed by atoms with E-state index >= 15 is 0 Å². The number of rotatable bonds is 4. The molecule has 0 aliphatic rings. The van der Waals surface area contributed by atoms with E-state index in [0.717, 1.165) is 6.42 Å². The van der Waals surface area contributed by atoms with Gasteiger partial charge in [-0.3, -0.25) is 0 Å². The molecule has 0 N–H and O–H groups in total. The summed E-state index contributed by atoms with van der Waals surface area (Å²) in [5.74, 6) is 0. The van der Waals surface area contributed by atoms with Crippen LogP contribution in [0.3, 0.4) is 0 Å². The first-order valence-electron chi connectivity index (χ1n) is 6.84. The van der Waals surface area contributed by atoms with Crippen LogP contribution in [-0.4, -0.2) is 0 Å². The molecule has 0 aliphatic carbocycles. The van der Waals surface area contributed by atoms with Gasteiger partial charge < -0.3 is 0 Å². The Hall–Kier alpha value is -2.08. The van der Waals surface area contributed by atoms with Crippen molar-refractivity contribution in [1.29, 1.82) is 0 Å². The van der Waals surface area contributed by atoms with E-state index in [-0.39, 0.29) is 0 Å². The lowest BCUT2D eigenvalue weighted by atomic mass is 9.98. The molecule has 2 rings (SSSR count). The fourth-order valence-corrected chi connectivity index (χ4v) is 2.19. The standard InChI is InChI=1S/C19H20/c1-3-9-16(10-4-2)18-13-8-14-19(15-18)17-11-6-5-7-12-17/h3,5-15H,4H2,1-2H3/b9-3-,16-10+. The molecule has 2 aromatic carbocycles. The summed E-state index contributed by atoms with van der Waals surface area (Å²) in [6.07, 6.45) is 7.59. The highest BCUT2D eigenvalue weighted by atomic mass is 14.1. The molecular formula is C19H20. The summed E-state index contributed by atoms with van der Waals surface area (Å²) < 4.78 is 0. The largest absolute Gasteiger partial charge is 0.0871 e. The topological polar surface area (TPSA) is 0 Å². The van der Waals surface area contributed by atoms with Crippen LogP contribution in [0.15, 0.2) is 72.8 Å². The van der Waals surface area contributed by atoms with Gasteiger partial charge in [-0.05, 0) is 41.7 Å². The second-order valence-electron chi connectivity index (χ2n) is 4.51. The predicted molar refractivity (Wildman–Crippen MR) is 85.0 cm³/mol. The van der Waals surface area contributed by atoms with Gasteiger partial charge in [0.05, 0.1) is 0 Å². The summed E-state index contributed by atoms with van der Waals surface area (Å²) in [7, 11) is 0. The Morgan fingerprint density at radius 2 is 1.68 bits per heavy atom. The van der Waals surface area contributed by atoms with Crippen LogP contribution in [0.4, 0.5) is 0 Å². The summed E-state index contributed by atoms with van der Waals surface area (Å²) >= 11 is 0. The van der Waals surface area contributed by atoms with Crippen LogP contribution in [0, 0.1) is 0 Å². The average Bonchev–Trinajstić information content (AvgIpc) is 2.48. The van der Waals surface area contributed by atoms with Crippen LogP contribution >= 0.6 is 0 Å². The van der Waals surface area contributed by atoms with Gasteiger partial charge in [0.25, 0.3) is 0 Å². The maximum atomic E-state index is 2.27. The summed E-state index contributed by atoms with van der Waals surface area (Å²) in [6, 6.07) is 19.2. The van der Waals surface area contributed by atoms with Gasteiger partial charge in [-0.1, -0.05) is 73.7 Å². The molecule has 0 unspecified atom stereocenters. The van der Waals surface area contributed by atoms with Gasteiger partial charge in [0, 0.05) is 0 Å². The van der Waals surface area contributed by atoms with Crippen LogP contribution in [0.2, 0.25) is 0 Å². The average molecular weight is 248 g/mol. The summed E-state index contributed by atoms with van der Waals surface area (Å²) in [5, 5.41) is 0. The molecule has 0 spiro atoms. The Bertz CT molecular complexity index is 574. The first-order chi connectivity index (χ1) is 9.35. The van der Waals surface area contributed by atoms with E-state index in [1.54, 1.807) is 0 Å². The number of allylic oxidation sites excluding steroid dienone is 4. The minimum absolute atomic E-state index is 1.05. The van der Waals surface area contributed by atoms with Gasteiger partial charge in [0.1, 0.15) is 0 Å². The van der Waals surface area contributed by atoms with Gasteiger partial charge in [-0.15, -0.1) is 0 Å². The molecule has 0 atom stereocenters. The van der Waals surface area contributed by atoms with E-state index in [1.165, 1.54) is 22.3 Å². The van der Waals surface area contributed by atoms with Crippen molar-refractivity contribution in [2.75, 3.05) is 0 Å². The van der Waals surface area contributed by atoms with E-state index < -0.39 is 0 Å². The Balaban J connectivity index is 2.42. The zero-order chi connectivity index (χ0) is 13.5.